The van der Waals surface area contributed by atoms with E-state index in [1.165, 1.54) is 11.8 Å². The summed E-state index contributed by atoms with van der Waals surface area (Å²) in [5.74, 6) is 0.296. The van der Waals surface area contributed by atoms with Crippen molar-refractivity contribution in [3.8, 4) is 0 Å². The van der Waals surface area contributed by atoms with Crippen molar-refractivity contribution in [3.05, 3.63) is 39.1 Å². The number of nitrogens with one attached hydrogen (secondary N) is 1. The first-order chi connectivity index (χ1) is 12.3. The molecule has 0 bridgehead atoms. The highest BCUT2D eigenvalue weighted by atomic mass is 35.5. The highest BCUT2D eigenvalue weighted by Gasteiger charge is 2.16. The van der Waals surface area contributed by atoms with Gasteiger partial charge in [0.2, 0.25) is 11.1 Å². The van der Waals surface area contributed by atoms with E-state index in [9.17, 15) is 4.79 Å². The van der Waals surface area contributed by atoms with Crippen LogP contribution in [0.1, 0.15) is 17.0 Å². The molecule has 1 aromatic carbocycles. The van der Waals surface area contributed by atoms with Crippen LogP contribution >= 0.6 is 35.0 Å². The van der Waals surface area contributed by atoms with Crippen LogP contribution in [0.4, 0.5) is 11.4 Å². The Bertz CT molecular complexity index is 997. The molecule has 26 heavy (non-hydrogen) atoms. The number of anilines is 2. The van der Waals surface area contributed by atoms with Crippen LogP contribution in [0.5, 0.6) is 0 Å². The fourth-order valence-electron chi connectivity index (χ4n) is 2.55. The number of halogens is 2. The zero-order valence-electron chi connectivity index (χ0n) is 14.3. The number of fused-ring (bicyclic) bond motifs is 1. The van der Waals surface area contributed by atoms with Crippen molar-refractivity contribution < 1.29 is 4.79 Å². The molecule has 2 heterocycles. The maximum atomic E-state index is 12.5. The maximum absolute atomic E-state index is 12.5. The van der Waals surface area contributed by atoms with E-state index in [1.54, 1.807) is 16.6 Å². The summed E-state index contributed by atoms with van der Waals surface area (Å²) in [4.78, 5) is 21.3. The Kier molecular flexibility index (Phi) is 5.27. The lowest BCUT2D eigenvalue weighted by Crippen LogP contribution is -2.18. The number of aromatic nitrogens is 4. The number of rotatable bonds is 4. The lowest BCUT2D eigenvalue weighted by atomic mass is 10.1. The fourth-order valence-corrected chi connectivity index (χ4v) is 3.38. The van der Waals surface area contributed by atoms with Gasteiger partial charge >= 0.3 is 0 Å². The molecule has 3 rings (SSSR count). The van der Waals surface area contributed by atoms with Gasteiger partial charge in [0.25, 0.3) is 5.78 Å². The Morgan fingerprint density at radius 3 is 2.54 bits per heavy atom. The van der Waals surface area contributed by atoms with Crippen molar-refractivity contribution in [3.63, 3.8) is 0 Å². The van der Waals surface area contributed by atoms with E-state index in [1.807, 2.05) is 20.1 Å². The summed E-state index contributed by atoms with van der Waals surface area (Å²) in [5, 5.41) is 8.37. The van der Waals surface area contributed by atoms with E-state index in [4.69, 9.17) is 28.9 Å². The minimum absolute atomic E-state index is 0.134. The van der Waals surface area contributed by atoms with Gasteiger partial charge in [-0.25, -0.2) is 9.50 Å². The van der Waals surface area contributed by atoms with Crippen LogP contribution in [0, 0.1) is 13.8 Å². The van der Waals surface area contributed by atoms with Gasteiger partial charge in [-0.3, -0.25) is 4.79 Å². The molecule has 0 spiro atoms. The molecule has 3 aromatic rings. The van der Waals surface area contributed by atoms with Crippen LogP contribution in [-0.4, -0.2) is 31.7 Å². The largest absolute Gasteiger partial charge is 0.396 e. The standard InChI is InChI=1S/C16H16Cl2N6OS/c1-7-10(8(2)24-15(20-7)22-16(23-24)26-3)6-13(25)21-9-4-11(17)14(19)12(18)5-9/h4-5H,6,19H2,1-3H3,(H,21,25). The monoisotopic (exact) mass is 410 g/mol. The van der Waals surface area contributed by atoms with Gasteiger partial charge in [0.1, 0.15) is 0 Å². The Labute approximate surface area is 164 Å². The highest BCUT2D eigenvalue weighted by molar-refractivity contribution is 7.98. The number of aryl methyl sites for hydroxylation is 2. The molecular formula is C16H16Cl2N6OS. The molecule has 3 N–H and O–H groups in total. The Morgan fingerprint density at radius 2 is 1.92 bits per heavy atom. The van der Waals surface area contributed by atoms with Gasteiger partial charge in [-0.2, -0.15) is 4.98 Å². The van der Waals surface area contributed by atoms with Gasteiger partial charge in [-0.15, -0.1) is 5.10 Å². The Hall–Kier alpha value is -2.03. The third kappa shape index (κ3) is 3.58. The average Bonchev–Trinajstić information content (AvgIpc) is 2.99. The minimum Gasteiger partial charge on any atom is -0.396 e. The number of hydrogen-bond acceptors (Lipinski definition) is 6. The minimum atomic E-state index is -0.223. The molecular weight excluding hydrogens is 395 g/mol. The van der Waals surface area contributed by atoms with Crippen molar-refractivity contribution in [1.82, 2.24) is 19.6 Å². The molecule has 0 saturated carbocycles. The summed E-state index contributed by atoms with van der Waals surface area (Å²) in [6, 6.07) is 3.12. The van der Waals surface area contributed by atoms with Crippen molar-refractivity contribution in [2.75, 3.05) is 17.3 Å². The molecule has 0 radical (unpaired) electrons. The molecule has 2 aromatic heterocycles. The lowest BCUT2D eigenvalue weighted by molar-refractivity contribution is -0.115. The zero-order valence-corrected chi connectivity index (χ0v) is 16.6. The Morgan fingerprint density at radius 1 is 1.27 bits per heavy atom. The van der Waals surface area contributed by atoms with Gasteiger partial charge in [-0.05, 0) is 32.2 Å². The fraction of sp³-hybridized carbons (Fsp3) is 0.250. The summed E-state index contributed by atoms with van der Waals surface area (Å²) in [5.41, 5.74) is 8.82. The molecule has 0 aliphatic heterocycles. The van der Waals surface area contributed by atoms with Crippen molar-refractivity contribution >= 4 is 58.0 Å². The van der Waals surface area contributed by atoms with Crippen LogP contribution in [0.2, 0.25) is 10.0 Å². The van der Waals surface area contributed by atoms with Crippen LogP contribution < -0.4 is 11.1 Å². The van der Waals surface area contributed by atoms with Crippen LogP contribution in [0.3, 0.4) is 0 Å². The summed E-state index contributed by atoms with van der Waals surface area (Å²) in [6.07, 6.45) is 2.03. The molecule has 1 amide bonds. The van der Waals surface area contributed by atoms with E-state index in [2.05, 4.69) is 20.4 Å². The van der Waals surface area contributed by atoms with Gasteiger partial charge in [0.15, 0.2) is 0 Å². The van der Waals surface area contributed by atoms with Crippen molar-refractivity contribution in [1.29, 1.82) is 0 Å². The Balaban J connectivity index is 1.87. The number of amides is 1. The van der Waals surface area contributed by atoms with E-state index in [-0.39, 0.29) is 28.1 Å². The van der Waals surface area contributed by atoms with Gasteiger partial charge in [0.05, 0.1) is 22.2 Å². The first kappa shape index (κ1) is 18.8. The molecule has 0 saturated heterocycles. The molecule has 136 valence electrons. The van der Waals surface area contributed by atoms with Crippen molar-refractivity contribution in [2.45, 2.75) is 25.4 Å². The second-order valence-electron chi connectivity index (χ2n) is 5.65. The predicted molar refractivity (Wildman–Crippen MR) is 105 cm³/mol. The van der Waals surface area contributed by atoms with Crippen LogP contribution in [0.25, 0.3) is 5.78 Å². The van der Waals surface area contributed by atoms with Gasteiger partial charge in [0, 0.05) is 22.6 Å². The molecule has 0 aliphatic rings. The van der Waals surface area contributed by atoms with Crippen molar-refractivity contribution in [2.24, 2.45) is 0 Å². The van der Waals surface area contributed by atoms with E-state index in [0.29, 0.717) is 16.6 Å². The first-order valence-corrected chi connectivity index (χ1v) is 9.59. The van der Waals surface area contributed by atoms with Gasteiger partial charge in [-0.1, -0.05) is 35.0 Å². The van der Waals surface area contributed by atoms with E-state index < -0.39 is 0 Å². The first-order valence-electron chi connectivity index (χ1n) is 7.61. The number of nitrogens with two attached hydrogens (primary N) is 1. The number of thioether (sulfide) groups is 1. The lowest BCUT2D eigenvalue weighted by Gasteiger charge is -2.12. The molecule has 0 fully saturated rings. The zero-order chi connectivity index (χ0) is 19.0. The number of carbonyl (C=O) groups is 1. The number of hydrogen-bond donors (Lipinski definition) is 2. The highest BCUT2D eigenvalue weighted by Crippen LogP contribution is 2.31. The second kappa shape index (κ2) is 7.30. The predicted octanol–water partition coefficient (Wildman–Crippen LogP) is 3.53. The van der Waals surface area contributed by atoms with E-state index >= 15 is 0 Å². The van der Waals surface area contributed by atoms with Crippen LogP contribution in [-0.2, 0) is 11.2 Å². The van der Waals surface area contributed by atoms with Crippen LogP contribution in [0.15, 0.2) is 17.3 Å². The molecule has 0 aliphatic carbocycles. The molecule has 7 nitrogen and oxygen atoms in total. The summed E-state index contributed by atoms with van der Waals surface area (Å²) in [6.45, 7) is 3.74. The number of benzene rings is 1. The molecule has 0 atom stereocenters. The number of nitrogens with zero attached hydrogens (tertiary/aromatic N) is 4. The second-order valence-corrected chi connectivity index (χ2v) is 7.24. The summed E-state index contributed by atoms with van der Waals surface area (Å²) >= 11 is 13.4. The topological polar surface area (TPSA) is 98.2 Å². The SMILES string of the molecule is CSc1nc2nc(C)c(CC(=O)Nc3cc(Cl)c(N)c(Cl)c3)c(C)n2n1. The summed E-state index contributed by atoms with van der Waals surface area (Å²) in [7, 11) is 0. The third-order valence-electron chi connectivity index (χ3n) is 3.91. The normalized spacial score (nSPS) is 11.1. The number of nitrogen functional groups attached to an aromatic ring is 1. The average molecular weight is 411 g/mol. The summed E-state index contributed by atoms with van der Waals surface area (Å²) < 4.78 is 1.65. The smallest absolute Gasteiger partial charge is 0.253 e. The number of carbonyl (C=O) groups excluding carboxylic acids is 1. The molecule has 10 heteroatoms. The maximum Gasteiger partial charge on any atom is 0.253 e. The quantitative estimate of drug-likeness (QED) is 0.504. The van der Waals surface area contributed by atoms with E-state index in [0.717, 1.165) is 17.0 Å². The molecule has 0 unspecified atom stereocenters. The van der Waals surface area contributed by atoms with Gasteiger partial charge < -0.3 is 11.1 Å². The third-order valence-corrected chi connectivity index (χ3v) is 5.08.